The van der Waals surface area contributed by atoms with E-state index in [0.717, 1.165) is 31.7 Å². The number of H-pyrrole nitrogens is 1. The lowest BCUT2D eigenvalue weighted by molar-refractivity contribution is 0.209. The average Bonchev–Trinajstić information content (AvgIpc) is 3.05. The number of carbonyl (C=O) groups is 1. The zero-order valence-corrected chi connectivity index (χ0v) is 14.4. The number of fused-ring (bicyclic) bond motifs is 1. The topological polar surface area (TPSA) is 97.4 Å². The van der Waals surface area contributed by atoms with Gasteiger partial charge in [-0.25, -0.2) is 14.8 Å². The van der Waals surface area contributed by atoms with E-state index in [2.05, 4.69) is 49.2 Å². The summed E-state index contributed by atoms with van der Waals surface area (Å²) < 4.78 is 0. The van der Waals surface area contributed by atoms with E-state index in [4.69, 9.17) is 5.11 Å². The van der Waals surface area contributed by atoms with Crippen molar-refractivity contribution in [1.82, 2.24) is 19.9 Å². The first-order valence-electron chi connectivity index (χ1n) is 8.48. The van der Waals surface area contributed by atoms with Crippen LogP contribution in [-0.4, -0.2) is 64.3 Å². The van der Waals surface area contributed by atoms with Gasteiger partial charge in [-0.15, -0.1) is 0 Å². The van der Waals surface area contributed by atoms with Crippen LogP contribution in [-0.2, 0) is 0 Å². The van der Waals surface area contributed by atoms with Crippen LogP contribution in [0.4, 0.5) is 16.2 Å². The van der Waals surface area contributed by atoms with Gasteiger partial charge in [0, 0.05) is 37.4 Å². The molecule has 1 fully saturated rings. The Morgan fingerprint density at radius 3 is 2.62 bits per heavy atom. The van der Waals surface area contributed by atoms with Crippen LogP contribution in [0.25, 0.3) is 22.6 Å². The van der Waals surface area contributed by atoms with Crippen molar-refractivity contribution in [3.8, 4) is 11.4 Å². The minimum Gasteiger partial charge on any atom is -0.465 e. The third-order valence-corrected chi connectivity index (χ3v) is 4.60. The Morgan fingerprint density at radius 2 is 1.92 bits per heavy atom. The normalized spacial score (nSPS) is 15.3. The van der Waals surface area contributed by atoms with Crippen molar-refractivity contribution in [2.75, 3.05) is 43.4 Å². The van der Waals surface area contributed by atoms with Gasteiger partial charge in [-0.05, 0) is 37.4 Å². The number of amides is 1. The molecule has 3 N–H and O–H groups in total. The number of likely N-dealkylation sites (N-methyl/N-ethyl adjacent to an activating group) is 1. The molecule has 0 aliphatic carbocycles. The van der Waals surface area contributed by atoms with Crippen LogP contribution in [0.3, 0.4) is 0 Å². The molecule has 2 aromatic heterocycles. The summed E-state index contributed by atoms with van der Waals surface area (Å²) in [7, 11) is 2.15. The Balaban J connectivity index is 1.56. The van der Waals surface area contributed by atoms with E-state index in [1.165, 1.54) is 11.9 Å². The van der Waals surface area contributed by atoms with Crippen molar-refractivity contribution in [3.05, 3.63) is 36.5 Å². The van der Waals surface area contributed by atoms with E-state index >= 15 is 0 Å². The molecule has 134 valence electrons. The summed E-state index contributed by atoms with van der Waals surface area (Å²) in [6, 6.07) is 9.99. The van der Waals surface area contributed by atoms with Gasteiger partial charge < -0.3 is 19.9 Å². The third-order valence-electron chi connectivity index (χ3n) is 4.60. The number of rotatable bonds is 3. The van der Waals surface area contributed by atoms with E-state index in [9.17, 15) is 4.79 Å². The Labute approximate surface area is 150 Å². The summed E-state index contributed by atoms with van der Waals surface area (Å²) in [6.45, 7) is 4.21. The maximum atomic E-state index is 10.7. The first-order chi connectivity index (χ1) is 12.6. The number of hydrogen-bond donors (Lipinski definition) is 3. The largest absolute Gasteiger partial charge is 0.465 e. The number of nitrogens with zero attached hydrogens (tertiary/aromatic N) is 4. The zero-order chi connectivity index (χ0) is 18.1. The second-order valence-corrected chi connectivity index (χ2v) is 6.45. The van der Waals surface area contributed by atoms with Crippen molar-refractivity contribution >= 4 is 28.6 Å². The molecule has 3 aromatic rings. The highest BCUT2D eigenvalue weighted by Crippen LogP contribution is 2.24. The van der Waals surface area contributed by atoms with Gasteiger partial charge in [-0.3, -0.25) is 5.32 Å². The Morgan fingerprint density at radius 1 is 1.19 bits per heavy atom. The molecule has 1 aliphatic rings. The van der Waals surface area contributed by atoms with Gasteiger partial charge in [0.2, 0.25) is 0 Å². The van der Waals surface area contributed by atoms with E-state index in [1.54, 1.807) is 6.07 Å². The molecule has 0 saturated carbocycles. The van der Waals surface area contributed by atoms with Crippen LogP contribution in [0.15, 0.2) is 36.5 Å². The summed E-state index contributed by atoms with van der Waals surface area (Å²) in [5, 5.41) is 11.1. The number of pyridine rings is 1. The van der Waals surface area contributed by atoms with Gasteiger partial charge in [0.05, 0.1) is 17.4 Å². The zero-order valence-electron chi connectivity index (χ0n) is 14.4. The molecule has 3 heterocycles. The van der Waals surface area contributed by atoms with Gasteiger partial charge in [0.15, 0.2) is 5.65 Å². The molecule has 1 aromatic carbocycles. The number of anilines is 2. The first-order valence-corrected chi connectivity index (χ1v) is 8.48. The molecule has 26 heavy (non-hydrogen) atoms. The molecule has 0 spiro atoms. The lowest BCUT2D eigenvalue weighted by Crippen LogP contribution is -2.44. The first kappa shape index (κ1) is 16.3. The Hall–Kier alpha value is -3.13. The lowest BCUT2D eigenvalue weighted by atomic mass is 10.1. The number of aromatic amines is 1. The molecule has 0 unspecified atom stereocenters. The minimum absolute atomic E-state index is 0.408. The number of hydrogen-bond acceptors (Lipinski definition) is 5. The van der Waals surface area contributed by atoms with E-state index in [1.807, 2.05) is 12.1 Å². The summed E-state index contributed by atoms with van der Waals surface area (Å²) in [5.74, 6) is 0.713. The van der Waals surface area contributed by atoms with Gasteiger partial charge in [0.1, 0.15) is 5.82 Å². The quantitative estimate of drug-likeness (QED) is 0.670. The van der Waals surface area contributed by atoms with E-state index in [-0.39, 0.29) is 0 Å². The summed E-state index contributed by atoms with van der Waals surface area (Å²) >= 11 is 0. The fourth-order valence-electron chi connectivity index (χ4n) is 3.12. The number of aromatic nitrogens is 3. The smallest absolute Gasteiger partial charge is 0.409 e. The van der Waals surface area contributed by atoms with Gasteiger partial charge in [-0.1, -0.05) is 0 Å². The maximum absolute atomic E-state index is 10.7. The van der Waals surface area contributed by atoms with Crippen molar-refractivity contribution in [1.29, 1.82) is 0 Å². The monoisotopic (exact) mass is 352 g/mol. The van der Waals surface area contributed by atoms with E-state index in [0.29, 0.717) is 22.7 Å². The van der Waals surface area contributed by atoms with Crippen LogP contribution < -0.4 is 10.2 Å². The predicted molar refractivity (Wildman–Crippen MR) is 101 cm³/mol. The van der Waals surface area contributed by atoms with Crippen molar-refractivity contribution in [3.63, 3.8) is 0 Å². The molecule has 0 bridgehead atoms. The van der Waals surface area contributed by atoms with Crippen LogP contribution in [0.5, 0.6) is 0 Å². The van der Waals surface area contributed by atoms with Crippen molar-refractivity contribution < 1.29 is 9.90 Å². The highest BCUT2D eigenvalue weighted by molar-refractivity contribution is 5.86. The molecule has 0 radical (unpaired) electrons. The van der Waals surface area contributed by atoms with Crippen molar-refractivity contribution in [2.24, 2.45) is 0 Å². The maximum Gasteiger partial charge on any atom is 0.409 e. The number of nitrogens with one attached hydrogen (secondary N) is 2. The second kappa shape index (κ2) is 6.64. The van der Waals surface area contributed by atoms with E-state index < -0.39 is 6.09 Å². The number of benzene rings is 1. The molecule has 8 heteroatoms. The van der Waals surface area contributed by atoms with Crippen LogP contribution in [0, 0.1) is 0 Å². The lowest BCUT2D eigenvalue weighted by Gasteiger charge is -2.34. The number of piperazine rings is 1. The van der Waals surface area contributed by atoms with Gasteiger partial charge >= 0.3 is 6.09 Å². The fraction of sp³-hybridized carbons (Fsp3) is 0.278. The summed E-state index contributed by atoms with van der Waals surface area (Å²) in [4.78, 5) is 27.4. The summed E-state index contributed by atoms with van der Waals surface area (Å²) in [6.07, 6.45) is 0.336. The van der Waals surface area contributed by atoms with Gasteiger partial charge in [-0.2, -0.15) is 0 Å². The molecule has 4 rings (SSSR count). The average molecular weight is 352 g/mol. The highest BCUT2D eigenvalue weighted by atomic mass is 16.4. The standard InChI is InChI=1S/C18H20N6O2/c1-23-6-8-24(9-7-23)14-4-2-12(3-5-14)16-21-15-10-13(20-18(25)26)11-19-17(15)22-16/h2-5,10-11,20H,6-9H2,1H3,(H,25,26)(H,19,21,22). The molecular formula is C18H20N6O2. The van der Waals surface area contributed by atoms with Crippen LogP contribution >= 0.6 is 0 Å². The Bertz CT molecular complexity index is 929. The number of imidazole rings is 1. The summed E-state index contributed by atoms with van der Waals surface area (Å²) in [5.41, 5.74) is 3.83. The Kier molecular flexibility index (Phi) is 4.18. The second-order valence-electron chi connectivity index (χ2n) is 6.45. The van der Waals surface area contributed by atoms with Gasteiger partial charge in [0.25, 0.3) is 0 Å². The molecule has 1 saturated heterocycles. The fourth-order valence-corrected chi connectivity index (χ4v) is 3.12. The molecule has 1 aliphatic heterocycles. The molecular weight excluding hydrogens is 332 g/mol. The van der Waals surface area contributed by atoms with Crippen LogP contribution in [0.1, 0.15) is 0 Å². The van der Waals surface area contributed by atoms with Crippen molar-refractivity contribution in [2.45, 2.75) is 0 Å². The SMILES string of the molecule is CN1CCN(c2ccc(-c3nc4ncc(NC(=O)O)cc4[nH]3)cc2)CC1. The minimum atomic E-state index is -1.12. The molecule has 0 atom stereocenters. The molecule has 1 amide bonds. The number of carboxylic acid groups (broad SMARTS) is 1. The highest BCUT2D eigenvalue weighted by Gasteiger charge is 2.14. The third kappa shape index (κ3) is 3.31. The predicted octanol–water partition coefficient (Wildman–Crippen LogP) is 2.47. The molecule has 8 nitrogen and oxygen atoms in total. The van der Waals surface area contributed by atoms with Crippen LogP contribution in [0.2, 0.25) is 0 Å².